The molecule has 4 N–H and O–H groups in total. The molecule has 6 heteroatoms. The Morgan fingerprint density at radius 1 is 1.28 bits per heavy atom. The summed E-state index contributed by atoms with van der Waals surface area (Å²) in [5, 5.41) is 11.7. The number of piperidine rings is 1. The molecule has 1 fully saturated rings. The van der Waals surface area contributed by atoms with Gasteiger partial charge in [-0.15, -0.1) is 0 Å². The molecule has 0 aromatic carbocycles. The summed E-state index contributed by atoms with van der Waals surface area (Å²) in [5.74, 6) is 1.68. The van der Waals surface area contributed by atoms with Gasteiger partial charge in [-0.2, -0.15) is 5.10 Å². The molecule has 0 radical (unpaired) electrons. The molecule has 3 heterocycles. The maximum absolute atomic E-state index is 5.84. The third-order valence-corrected chi connectivity index (χ3v) is 4.77. The fourth-order valence-electron chi connectivity index (χ4n) is 2.91. The van der Waals surface area contributed by atoms with Crippen molar-refractivity contribution >= 4 is 21.7 Å². The van der Waals surface area contributed by atoms with E-state index in [1.165, 1.54) is 18.5 Å². The van der Waals surface area contributed by atoms with Gasteiger partial charge in [0.05, 0.1) is 16.2 Å². The van der Waals surface area contributed by atoms with Crippen LogP contribution in [0.2, 0.25) is 0 Å². The van der Waals surface area contributed by atoms with Crippen molar-refractivity contribution in [1.82, 2.24) is 15.1 Å². The molecule has 1 saturated heterocycles. The van der Waals surface area contributed by atoms with Crippen molar-refractivity contribution in [2.45, 2.75) is 31.2 Å². The molecule has 18 heavy (non-hydrogen) atoms. The van der Waals surface area contributed by atoms with Crippen LogP contribution in [0.1, 0.15) is 36.9 Å². The Balaban J connectivity index is 1.93. The first-order valence-electron chi connectivity index (χ1n) is 6.73. The normalized spacial score (nSPS) is 24.7. The smallest absolute Gasteiger partial charge is 0.139 e. The highest BCUT2D eigenvalue weighted by Crippen LogP contribution is 2.38. The van der Waals surface area contributed by atoms with Crippen molar-refractivity contribution < 1.29 is 0 Å². The molecular formula is C12H20BrN5. The molecule has 1 atom stereocenters. The Labute approximate surface area is 116 Å². The van der Waals surface area contributed by atoms with E-state index in [2.05, 4.69) is 31.2 Å². The molecule has 3 rings (SSSR count). The first-order valence-corrected chi connectivity index (χ1v) is 7.53. The maximum atomic E-state index is 5.84. The number of rotatable bonds is 2. The van der Waals surface area contributed by atoms with Crippen LogP contribution in [0.25, 0.3) is 0 Å². The van der Waals surface area contributed by atoms with Crippen LogP contribution >= 0.6 is 15.9 Å². The zero-order valence-electron chi connectivity index (χ0n) is 10.5. The van der Waals surface area contributed by atoms with Gasteiger partial charge in [0.15, 0.2) is 0 Å². The van der Waals surface area contributed by atoms with Gasteiger partial charge in [-0.05, 0) is 48.3 Å². The van der Waals surface area contributed by atoms with E-state index >= 15 is 0 Å². The number of nitrogens with zero attached hydrogens (tertiary/aromatic N) is 2. The minimum atomic E-state index is 0.341. The maximum Gasteiger partial charge on any atom is 0.139 e. The zero-order valence-corrected chi connectivity index (χ0v) is 12.0. The zero-order chi connectivity index (χ0) is 12.5. The fraction of sp³-hybridized carbons (Fsp3) is 0.750. The summed E-state index contributed by atoms with van der Waals surface area (Å²) in [5.41, 5.74) is 7.05. The average Bonchev–Trinajstić information content (AvgIpc) is 2.77. The number of fused-ring (bicyclic) bond motifs is 1. The van der Waals surface area contributed by atoms with Crippen LogP contribution < -0.4 is 16.4 Å². The molecule has 1 aromatic rings. The largest absolute Gasteiger partial charge is 0.369 e. The van der Waals surface area contributed by atoms with Crippen molar-refractivity contribution in [3.63, 3.8) is 0 Å². The van der Waals surface area contributed by atoms with E-state index in [9.17, 15) is 0 Å². The highest BCUT2D eigenvalue weighted by atomic mass is 79.9. The SMILES string of the molecule is NCC1CCNc2c(Br)c(C3CCNCC3)nn21. The highest BCUT2D eigenvalue weighted by Gasteiger charge is 2.28. The summed E-state index contributed by atoms with van der Waals surface area (Å²) in [6.45, 7) is 3.83. The third kappa shape index (κ3) is 2.06. The molecule has 1 unspecified atom stereocenters. The lowest BCUT2D eigenvalue weighted by Crippen LogP contribution is -2.29. The van der Waals surface area contributed by atoms with Gasteiger partial charge in [0.2, 0.25) is 0 Å². The third-order valence-electron chi connectivity index (χ3n) is 3.99. The van der Waals surface area contributed by atoms with Crippen molar-refractivity contribution in [3.05, 3.63) is 10.2 Å². The van der Waals surface area contributed by atoms with E-state index in [1.54, 1.807) is 0 Å². The predicted molar refractivity (Wildman–Crippen MR) is 76.0 cm³/mol. The van der Waals surface area contributed by atoms with E-state index in [0.717, 1.165) is 36.3 Å². The average molecular weight is 314 g/mol. The molecule has 1 aromatic heterocycles. The van der Waals surface area contributed by atoms with E-state index in [1.807, 2.05) is 0 Å². The monoisotopic (exact) mass is 313 g/mol. The van der Waals surface area contributed by atoms with Crippen LogP contribution in [0.4, 0.5) is 5.82 Å². The molecular weight excluding hydrogens is 294 g/mol. The lowest BCUT2D eigenvalue weighted by atomic mass is 9.95. The summed E-state index contributed by atoms with van der Waals surface area (Å²) in [6.07, 6.45) is 3.40. The van der Waals surface area contributed by atoms with Crippen molar-refractivity contribution in [2.24, 2.45) is 5.73 Å². The number of hydrogen-bond donors (Lipinski definition) is 3. The summed E-state index contributed by atoms with van der Waals surface area (Å²) in [7, 11) is 0. The number of nitrogens with one attached hydrogen (secondary N) is 2. The van der Waals surface area contributed by atoms with Crippen molar-refractivity contribution in [1.29, 1.82) is 0 Å². The first-order chi connectivity index (χ1) is 8.81. The molecule has 2 aliphatic heterocycles. The molecule has 100 valence electrons. The van der Waals surface area contributed by atoms with E-state index < -0.39 is 0 Å². The van der Waals surface area contributed by atoms with Crippen molar-refractivity contribution in [2.75, 3.05) is 31.5 Å². The molecule has 0 saturated carbocycles. The minimum absolute atomic E-state index is 0.341. The lowest BCUT2D eigenvalue weighted by Gasteiger charge is -2.24. The molecule has 0 bridgehead atoms. The Hall–Kier alpha value is -0.590. The lowest BCUT2D eigenvalue weighted by molar-refractivity contribution is 0.409. The highest BCUT2D eigenvalue weighted by molar-refractivity contribution is 9.10. The van der Waals surface area contributed by atoms with Gasteiger partial charge in [0, 0.05) is 19.0 Å². The van der Waals surface area contributed by atoms with Gasteiger partial charge in [-0.3, -0.25) is 0 Å². The van der Waals surface area contributed by atoms with E-state index in [4.69, 9.17) is 10.8 Å². The fourth-order valence-corrected chi connectivity index (χ4v) is 3.63. The second kappa shape index (κ2) is 5.19. The van der Waals surface area contributed by atoms with Gasteiger partial charge in [0.1, 0.15) is 5.82 Å². The number of hydrogen-bond acceptors (Lipinski definition) is 4. The van der Waals surface area contributed by atoms with Crippen LogP contribution in [0.3, 0.4) is 0 Å². The Kier molecular flexibility index (Phi) is 3.59. The summed E-state index contributed by atoms with van der Waals surface area (Å²) in [6, 6.07) is 0.341. The van der Waals surface area contributed by atoms with Gasteiger partial charge < -0.3 is 16.4 Å². The predicted octanol–water partition coefficient (Wildman–Crippen LogP) is 1.43. The molecule has 0 amide bonds. The molecule has 5 nitrogen and oxygen atoms in total. The Morgan fingerprint density at radius 3 is 2.78 bits per heavy atom. The topological polar surface area (TPSA) is 67.9 Å². The van der Waals surface area contributed by atoms with Gasteiger partial charge >= 0.3 is 0 Å². The van der Waals surface area contributed by atoms with Crippen LogP contribution in [-0.2, 0) is 0 Å². The number of halogens is 1. The second-order valence-corrected chi connectivity index (χ2v) is 5.91. The standard InChI is InChI=1S/C12H20BrN5/c13-10-11(8-1-4-15-5-2-8)17-18-9(7-14)3-6-16-12(10)18/h8-9,15-16H,1-7,14H2. The van der Waals surface area contributed by atoms with Gasteiger partial charge in [0.25, 0.3) is 0 Å². The quantitative estimate of drug-likeness (QED) is 0.772. The Bertz CT molecular complexity index is 424. The first kappa shape index (κ1) is 12.4. The molecule has 0 spiro atoms. The van der Waals surface area contributed by atoms with Gasteiger partial charge in [-0.1, -0.05) is 0 Å². The van der Waals surface area contributed by atoms with Crippen LogP contribution in [0, 0.1) is 0 Å². The molecule has 2 aliphatic rings. The van der Waals surface area contributed by atoms with E-state index in [-0.39, 0.29) is 0 Å². The molecule has 0 aliphatic carbocycles. The summed E-state index contributed by atoms with van der Waals surface area (Å²) < 4.78 is 3.23. The number of anilines is 1. The summed E-state index contributed by atoms with van der Waals surface area (Å²) in [4.78, 5) is 0. The minimum Gasteiger partial charge on any atom is -0.369 e. The Morgan fingerprint density at radius 2 is 2.06 bits per heavy atom. The number of nitrogens with two attached hydrogens (primary N) is 1. The second-order valence-electron chi connectivity index (χ2n) is 5.12. The van der Waals surface area contributed by atoms with Crippen LogP contribution in [-0.4, -0.2) is 36.0 Å². The van der Waals surface area contributed by atoms with Crippen LogP contribution in [0.5, 0.6) is 0 Å². The van der Waals surface area contributed by atoms with E-state index in [0.29, 0.717) is 18.5 Å². The van der Waals surface area contributed by atoms with Crippen molar-refractivity contribution in [3.8, 4) is 0 Å². The van der Waals surface area contributed by atoms with Crippen LogP contribution in [0.15, 0.2) is 4.47 Å². The van der Waals surface area contributed by atoms with Gasteiger partial charge in [-0.25, -0.2) is 4.68 Å². The number of aromatic nitrogens is 2. The summed E-state index contributed by atoms with van der Waals surface area (Å²) >= 11 is 3.72.